The highest BCUT2D eigenvalue weighted by Gasteiger charge is 2.40. The molecule has 0 bridgehead atoms. The molecule has 2 fully saturated rings. The largest absolute Gasteiger partial charge is 0.481 e. The fourth-order valence-corrected chi connectivity index (χ4v) is 2.62. The van der Waals surface area contributed by atoms with E-state index in [4.69, 9.17) is 5.11 Å². The zero-order valence-corrected chi connectivity index (χ0v) is 10.3. The van der Waals surface area contributed by atoms with Gasteiger partial charge in [-0.15, -0.1) is 0 Å². The van der Waals surface area contributed by atoms with Crippen LogP contribution < -0.4 is 5.32 Å². The van der Waals surface area contributed by atoms with Crippen molar-refractivity contribution >= 4 is 11.9 Å². The lowest BCUT2D eigenvalue weighted by Gasteiger charge is -2.33. The van der Waals surface area contributed by atoms with E-state index in [0.717, 1.165) is 13.1 Å². The smallest absolute Gasteiger partial charge is 0.308 e. The summed E-state index contributed by atoms with van der Waals surface area (Å²) in [7, 11) is 0. The fraction of sp³-hybridized carbons (Fsp3) is 0.833. The zero-order chi connectivity index (χ0) is 12.6. The summed E-state index contributed by atoms with van der Waals surface area (Å²) in [6, 6.07) is 0. The number of carbonyl (C=O) groups excluding carboxylic acids is 1. The first-order valence-corrected chi connectivity index (χ1v) is 6.23. The van der Waals surface area contributed by atoms with Gasteiger partial charge in [0.25, 0.3) is 0 Å². The molecule has 3 atom stereocenters. The number of rotatable bonds is 3. The van der Waals surface area contributed by atoms with Gasteiger partial charge in [0.05, 0.1) is 5.92 Å². The van der Waals surface area contributed by atoms with Crippen molar-refractivity contribution < 1.29 is 14.7 Å². The topological polar surface area (TPSA) is 69.6 Å². The average Bonchev–Trinajstić information content (AvgIpc) is 2.56. The van der Waals surface area contributed by atoms with E-state index in [0.29, 0.717) is 19.0 Å². The van der Waals surface area contributed by atoms with Crippen LogP contribution in [-0.2, 0) is 9.59 Å². The number of likely N-dealkylation sites (tertiary alicyclic amines) is 1. The van der Waals surface area contributed by atoms with Gasteiger partial charge in [-0.2, -0.15) is 0 Å². The summed E-state index contributed by atoms with van der Waals surface area (Å²) in [4.78, 5) is 24.9. The molecule has 3 unspecified atom stereocenters. The van der Waals surface area contributed by atoms with E-state index < -0.39 is 11.9 Å². The molecule has 5 nitrogen and oxygen atoms in total. The molecule has 5 heteroatoms. The van der Waals surface area contributed by atoms with Gasteiger partial charge >= 0.3 is 5.97 Å². The number of carboxylic acid groups (broad SMARTS) is 1. The molecule has 0 aliphatic carbocycles. The van der Waals surface area contributed by atoms with Gasteiger partial charge in [0.15, 0.2) is 0 Å². The van der Waals surface area contributed by atoms with E-state index in [2.05, 4.69) is 5.32 Å². The highest BCUT2D eigenvalue weighted by Crippen LogP contribution is 2.27. The number of hydrogen-bond acceptors (Lipinski definition) is 3. The lowest BCUT2D eigenvalue weighted by Crippen LogP contribution is -2.50. The third kappa shape index (κ3) is 2.29. The van der Waals surface area contributed by atoms with E-state index >= 15 is 0 Å². The van der Waals surface area contributed by atoms with Crippen LogP contribution in [0, 0.1) is 23.7 Å². The van der Waals surface area contributed by atoms with Crippen LogP contribution in [0.25, 0.3) is 0 Å². The van der Waals surface area contributed by atoms with Crippen LogP contribution in [0.1, 0.15) is 13.8 Å². The van der Waals surface area contributed by atoms with Crippen LogP contribution in [0.2, 0.25) is 0 Å². The van der Waals surface area contributed by atoms with Crippen LogP contribution in [0.4, 0.5) is 0 Å². The van der Waals surface area contributed by atoms with E-state index in [1.165, 1.54) is 0 Å². The van der Waals surface area contributed by atoms with Gasteiger partial charge < -0.3 is 15.3 Å². The fourth-order valence-electron chi connectivity index (χ4n) is 2.62. The summed E-state index contributed by atoms with van der Waals surface area (Å²) in [6.45, 7) is 6.62. The third-order valence-electron chi connectivity index (χ3n) is 4.15. The van der Waals surface area contributed by atoms with Crippen LogP contribution in [0.3, 0.4) is 0 Å². The second kappa shape index (κ2) is 4.64. The van der Waals surface area contributed by atoms with E-state index in [1.54, 1.807) is 4.90 Å². The van der Waals surface area contributed by atoms with Crippen molar-refractivity contribution in [3.05, 3.63) is 0 Å². The van der Waals surface area contributed by atoms with Gasteiger partial charge in [-0.05, 0) is 24.9 Å². The van der Waals surface area contributed by atoms with Crippen molar-refractivity contribution in [2.24, 2.45) is 23.7 Å². The molecule has 0 radical (unpaired) electrons. The van der Waals surface area contributed by atoms with Gasteiger partial charge in [-0.1, -0.05) is 13.8 Å². The van der Waals surface area contributed by atoms with E-state index in [-0.39, 0.29) is 17.7 Å². The van der Waals surface area contributed by atoms with Crippen LogP contribution in [0.15, 0.2) is 0 Å². The Labute approximate surface area is 101 Å². The highest BCUT2D eigenvalue weighted by atomic mass is 16.4. The standard InChI is InChI=1S/C12H20N2O3/c1-7-5-14(6-10(7)12(16)17)11(15)8(2)9-3-13-4-9/h7-10,13H,3-6H2,1-2H3,(H,16,17). The van der Waals surface area contributed by atoms with Gasteiger partial charge in [0.2, 0.25) is 5.91 Å². The lowest BCUT2D eigenvalue weighted by molar-refractivity contribution is -0.142. The molecule has 2 rings (SSSR count). The summed E-state index contributed by atoms with van der Waals surface area (Å²) in [5, 5.41) is 12.2. The van der Waals surface area contributed by atoms with Gasteiger partial charge in [0.1, 0.15) is 0 Å². The van der Waals surface area contributed by atoms with Crippen molar-refractivity contribution in [2.45, 2.75) is 13.8 Å². The quantitative estimate of drug-likeness (QED) is 0.729. The van der Waals surface area contributed by atoms with E-state index in [1.807, 2.05) is 13.8 Å². The molecule has 2 N–H and O–H groups in total. The molecule has 2 saturated heterocycles. The summed E-state index contributed by atoms with van der Waals surface area (Å²) in [6.07, 6.45) is 0. The van der Waals surface area contributed by atoms with E-state index in [9.17, 15) is 9.59 Å². The Morgan fingerprint density at radius 3 is 2.41 bits per heavy atom. The maximum Gasteiger partial charge on any atom is 0.308 e. The van der Waals surface area contributed by atoms with Gasteiger partial charge in [-0.3, -0.25) is 9.59 Å². The zero-order valence-electron chi connectivity index (χ0n) is 10.3. The number of aliphatic carboxylic acids is 1. The van der Waals surface area contributed by atoms with Crippen molar-refractivity contribution in [3.63, 3.8) is 0 Å². The number of amides is 1. The minimum absolute atomic E-state index is 0.0102. The first kappa shape index (κ1) is 12.4. The lowest BCUT2D eigenvalue weighted by atomic mass is 9.88. The Hall–Kier alpha value is -1.10. The minimum atomic E-state index is -0.786. The van der Waals surface area contributed by atoms with Crippen LogP contribution >= 0.6 is 0 Å². The number of nitrogens with zero attached hydrogens (tertiary/aromatic N) is 1. The van der Waals surface area contributed by atoms with Crippen molar-refractivity contribution in [1.82, 2.24) is 10.2 Å². The summed E-state index contributed by atoms with van der Waals surface area (Å²) in [5.41, 5.74) is 0. The molecule has 0 spiro atoms. The number of hydrogen-bond donors (Lipinski definition) is 2. The molecular weight excluding hydrogens is 220 g/mol. The first-order chi connectivity index (χ1) is 8.00. The van der Waals surface area contributed by atoms with Crippen LogP contribution in [-0.4, -0.2) is 48.1 Å². The number of nitrogens with one attached hydrogen (secondary N) is 1. The predicted octanol–water partition coefficient (Wildman–Crippen LogP) is 0.0210. The molecule has 0 saturated carbocycles. The summed E-state index contributed by atoms with van der Waals surface area (Å²) in [5.74, 6) is -0.579. The Kier molecular flexibility index (Phi) is 3.38. The van der Waals surface area contributed by atoms with Gasteiger partial charge in [0, 0.05) is 19.0 Å². The Morgan fingerprint density at radius 2 is 2.00 bits per heavy atom. The minimum Gasteiger partial charge on any atom is -0.481 e. The van der Waals surface area contributed by atoms with Crippen molar-refractivity contribution in [2.75, 3.05) is 26.2 Å². The average molecular weight is 240 g/mol. The second-order valence-corrected chi connectivity index (χ2v) is 5.37. The molecular formula is C12H20N2O3. The molecule has 0 aromatic carbocycles. The molecule has 0 aromatic rings. The predicted molar refractivity (Wildman–Crippen MR) is 62.4 cm³/mol. The maximum atomic E-state index is 12.2. The first-order valence-electron chi connectivity index (χ1n) is 6.23. The maximum absolute atomic E-state index is 12.2. The molecule has 96 valence electrons. The normalized spacial score (nSPS) is 31.1. The SMILES string of the molecule is CC1CN(C(=O)C(C)C2CNC2)CC1C(=O)O. The third-order valence-corrected chi connectivity index (χ3v) is 4.15. The Morgan fingerprint density at radius 1 is 1.35 bits per heavy atom. The molecule has 2 heterocycles. The molecule has 0 aromatic heterocycles. The number of carboxylic acids is 1. The monoisotopic (exact) mass is 240 g/mol. The molecule has 1 amide bonds. The number of carbonyl (C=O) groups is 2. The second-order valence-electron chi connectivity index (χ2n) is 5.37. The molecule has 2 aliphatic rings. The Bertz CT molecular complexity index is 328. The van der Waals surface area contributed by atoms with Crippen molar-refractivity contribution in [1.29, 1.82) is 0 Å². The summed E-state index contributed by atoms with van der Waals surface area (Å²) >= 11 is 0. The molecule has 2 aliphatic heterocycles. The highest BCUT2D eigenvalue weighted by molar-refractivity contribution is 5.81. The molecule has 17 heavy (non-hydrogen) atoms. The van der Waals surface area contributed by atoms with Gasteiger partial charge in [-0.25, -0.2) is 0 Å². The van der Waals surface area contributed by atoms with Crippen LogP contribution in [0.5, 0.6) is 0 Å². The Balaban J connectivity index is 1.94. The van der Waals surface area contributed by atoms with Crippen molar-refractivity contribution in [3.8, 4) is 0 Å². The summed E-state index contributed by atoms with van der Waals surface area (Å²) < 4.78 is 0.